The van der Waals surface area contributed by atoms with Gasteiger partial charge in [-0.05, 0) is 66.8 Å². The van der Waals surface area contributed by atoms with Crippen LogP contribution in [0.5, 0.6) is 0 Å². The van der Waals surface area contributed by atoms with Gasteiger partial charge in [-0.2, -0.15) is 0 Å². The van der Waals surface area contributed by atoms with Crippen LogP contribution in [0.1, 0.15) is 23.5 Å². The number of anilines is 1. The highest BCUT2D eigenvalue weighted by Gasteiger charge is 2.42. The molecule has 1 aliphatic rings. The minimum atomic E-state index is -0.334. The number of nitrogens with one attached hydrogen (secondary N) is 1. The van der Waals surface area contributed by atoms with Crippen LogP contribution >= 0.6 is 23.8 Å². The van der Waals surface area contributed by atoms with Crippen LogP contribution in [0.2, 0.25) is 5.02 Å². The van der Waals surface area contributed by atoms with Crippen LogP contribution in [0.15, 0.2) is 91.3 Å². The maximum absolute atomic E-state index is 14.9. The number of halogens is 2. The molecule has 0 unspecified atom stereocenters. The molecule has 1 N–H and O–H groups in total. The SMILES string of the molecule is Fc1ccccc1N1C(=S)N[C@@H](c2ccccn2)[C@@H]1c1cccn1-c1cccc(Cl)c1. The van der Waals surface area contributed by atoms with Crippen molar-refractivity contribution in [3.63, 3.8) is 0 Å². The van der Waals surface area contributed by atoms with Crippen molar-refractivity contribution >= 4 is 34.6 Å². The number of benzene rings is 2. The Bertz CT molecular complexity index is 1240. The molecule has 0 amide bonds. The fraction of sp³-hybridized carbons (Fsp3) is 0.0833. The lowest BCUT2D eigenvalue weighted by molar-refractivity contribution is 0.542. The summed E-state index contributed by atoms with van der Waals surface area (Å²) >= 11 is 11.9. The van der Waals surface area contributed by atoms with E-state index < -0.39 is 0 Å². The van der Waals surface area contributed by atoms with Crippen LogP contribution in [0.25, 0.3) is 5.69 Å². The average Bonchev–Trinajstić information content (AvgIpc) is 3.39. The van der Waals surface area contributed by atoms with Gasteiger partial charge >= 0.3 is 0 Å². The van der Waals surface area contributed by atoms with Crippen LogP contribution in [-0.2, 0) is 0 Å². The summed E-state index contributed by atoms with van der Waals surface area (Å²) in [6.07, 6.45) is 3.72. The van der Waals surface area contributed by atoms with Crippen molar-refractivity contribution in [3.05, 3.63) is 113 Å². The molecule has 1 aliphatic heterocycles. The Labute approximate surface area is 189 Å². The number of nitrogens with zero attached hydrogens (tertiary/aromatic N) is 3. The van der Waals surface area contributed by atoms with Crippen molar-refractivity contribution in [3.8, 4) is 5.69 Å². The molecular formula is C24H18ClFN4S. The average molecular weight is 449 g/mol. The molecule has 7 heteroatoms. The van der Waals surface area contributed by atoms with Gasteiger partial charge in [0.05, 0.1) is 17.4 Å². The van der Waals surface area contributed by atoms with Crippen LogP contribution in [0.4, 0.5) is 10.1 Å². The molecule has 1 saturated heterocycles. The lowest BCUT2D eigenvalue weighted by atomic mass is 10.0. The molecule has 2 aromatic heterocycles. The minimum absolute atomic E-state index is 0.263. The predicted octanol–water partition coefficient (Wildman–Crippen LogP) is 5.84. The third-order valence-electron chi connectivity index (χ3n) is 5.38. The van der Waals surface area contributed by atoms with Crippen LogP contribution in [-0.4, -0.2) is 14.7 Å². The lowest BCUT2D eigenvalue weighted by Gasteiger charge is -2.29. The third-order valence-corrected chi connectivity index (χ3v) is 5.93. The molecule has 4 nitrogen and oxygen atoms in total. The van der Waals surface area contributed by atoms with Gasteiger partial charge in [0.1, 0.15) is 11.9 Å². The highest BCUT2D eigenvalue weighted by molar-refractivity contribution is 7.80. The second-order valence-corrected chi connectivity index (χ2v) is 8.05. The summed E-state index contributed by atoms with van der Waals surface area (Å²) in [5.74, 6) is -0.334. The molecule has 2 aromatic carbocycles. The van der Waals surface area contributed by atoms with Crippen LogP contribution in [0.3, 0.4) is 0 Å². The second-order valence-electron chi connectivity index (χ2n) is 7.23. The standard InChI is InChI=1S/C24H18ClFN4S/c25-16-7-5-8-17(15-16)29-14-6-12-21(29)23-22(19-10-3-4-13-27-19)28-24(31)30(23)20-11-2-1-9-18(20)26/h1-15,22-23H,(H,28,31)/t22-,23-/m0/s1. The van der Waals surface area contributed by atoms with Crippen LogP contribution < -0.4 is 10.2 Å². The van der Waals surface area contributed by atoms with Gasteiger partial charge in [-0.1, -0.05) is 35.9 Å². The van der Waals surface area contributed by atoms with Crippen LogP contribution in [0, 0.1) is 5.82 Å². The number of hydrogen-bond acceptors (Lipinski definition) is 2. The van der Waals surface area contributed by atoms with E-state index in [1.807, 2.05) is 71.8 Å². The Morgan fingerprint density at radius 1 is 0.968 bits per heavy atom. The number of thiocarbonyl (C=S) groups is 1. The first-order valence-electron chi connectivity index (χ1n) is 9.82. The zero-order valence-electron chi connectivity index (χ0n) is 16.3. The molecule has 154 valence electrons. The largest absolute Gasteiger partial charge is 0.351 e. The minimum Gasteiger partial charge on any atom is -0.351 e. The van der Waals surface area contributed by atoms with Crippen molar-refractivity contribution in [2.45, 2.75) is 12.1 Å². The second kappa shape index (κ2) is 8.13. The van der Waals surface area contributed by atoms with Gasteiger partial charge in [0.15, 0.2) is 5.11 Å². The van der Waals surface area contributed by atoms with E-state index in [1.165, 1.54) is 6.07 Å². The monoisotopic (exact) mass is 448 g/mol. The molecule has 1 fully saturated rings. The highest BCUT2D eigenvalue weighted by Crippen LogP contribution is 2.42. The van der Waals surface area contributed by atoms with E-state index in [2.05, 4.69) is 14.9 Å². The Kier molecular flexibility index (Phi) is 5.18. The lowest BCUT2D eigenvalue weighted by Crippen LogP contribution is -2.31. The summed E-state index contributed by atoms with van der Waals surface area (Å²) in [7, 11) is 0. The van der Waals surface area contributed by atoms with E-state index >= 15 is 0 Å². The molecule has 0 aliphatic carbocycles. The van der Waals surface area contributed by atoms with E-state index in [-0.39, 0.29) is 17.9 Å². The first-order chi connectivity index (χ1) is 15.1. The van der Waals surface area contributed by atoms with Crippen molar-refractivity contribution in [1.29, 1.82) is 0 Å². The quantitative estimate of drug-likeness (QED) is 0.397. The van der Waals surface area contributed by atoms with Gasteiger partial charge in [-0.15, -0.1) is 0 Å². The van der Waals surface area contributed by atoms with E-state index in [9.17, 15) is 4.39 Å². The van der Waals surface area contributed by atoms with E-state index in [1.54, 1.807) is 18.3 Å². The Hall–Kier alpha value is -3.22. The fourth-order valence-corrected chi connectivity index (χ4v) is 4.58. The first kappa shape index (κ1) is 19.7. The summed E-state index contributed by atoms with van der Waals surface area (Å²) in [5, 5.41) is 4.45. The topological polar surface area (TPSA) is 33.1 Å². The van der Waals surface area contributed by atoms with Crippen molar-refractivity contribution in [2.75, 3.05) is 4.90 Å². The summed E-state index contributed by atoms with van der Waals surface area (Å²) in [5.41, 5.74) is 3.10. The fourth-order valence-electron chi connectivity index (χ4n) is 4.06. The zero-order chi connectivity index (χ0) is 21.4. The van der Waals surface area contributed by atoms with Gasteiger partial charge in [-0.25, -0.2) is 4.39 Å². The highest BCUT2D eigenvalue weighted by atomic mass is 35.5. The van der Waals surface area contributed by atoms with E-state index in [4.69, 9.17) is 23.8 Å². The Morgan fingerprint density at radius 2 is 1.81 bits per heavy atom. The van der Waals surface area contributed by atoms with Crippen molar-refractivity contribution < 1.29 is 4.39 Å². The number of pyridine rings is 1. The Balaban J connectivity index is 1.69. The summed E-state index contributed by atoms with van der Waals surface area (Å²) in [6.45, 7) is 0. The molecule has 5 rings (SSSR count). The maximum Gasteiger partial charge on any atom is 0.174 e. The predicted molar refractivity (Wildman–Crippen MR) is 125 cm³/mol. The molecule has 0 saturated carbocycles. The molecule has 3 heterocycles. The molecule has 0 radical (unpaired) electrons. The summed E-state index contributed by atoms with van der Waals surface area (Å²) < 4.78 is 16.9. The number of hydrogen-bond donors (Lipinski definition) is 1. The van der Waals surface area contributed by atoms with Gasteiger partial charge in [0.2, 0.25) is 0 Å². The summed E-state index contributed by atoms with van der Waals surface area (Å²) in [6, 6.07) is 23.4. The number of aromatic nitrogens is 2. The first-order valence-corrected chi connectivity index (χ1v) is 10.6. The van der Waals surface area contributed by atoms with Gasteiger partial charge < -0.3 is 14.8 Å². The van der Waals surface area contributed by atoms with Gasteiger partial charge in [0, 0.05) is 28.8 Å². The molecular weight excluding hydrogens is 431 g/mol. The maximum atomic E-state index is 14.9. The summed E-state index contributed by atoms with van der Waals surface area (Å²) in [4.78, 5) is 6.38. The van der Waals surface area contributed by atoms with Crippen molar-refractivity contribution in [2.24, 2.45) is 0 Å². The smallest absolute Gasteiger partial charge is 0.174 e. The molecule has 31 heavy (non-hydrogen) atoms. The molecule has 0 bridgehead atoms. The third kappa shape index (κ3) is 3.58. The molecule has 4 aromatic rings. The van der Waals surface area contributed by atoms with E-state index in [0.29, 0.717) is 15.8 Å². The molecule has 0 spiro atoms. The Morgan fingerprint density at radius 3 is 2.58 bits per heavy atom. The van der Waals surface area contributed by atoms with E-state index in [0.717, 1.165) is 17.1 Å². The normalized spacial score (nSPS) is 18.3. The van der Waals surface area contributed by atoms with Gasteiger partial charge in [-0.3, -0.25) is 4.98 Å². The van der Waals surface area contributed by atoms with Crippen molar-refractivity contribution in [1.82, 2.24) is 14.9 Å². The zero-order valence-corrected chi connectivity index (χ0v) is 17.9. The number of rotatable bonds is 4. The van der Waals surface area contributed by atoms with Gasteiger partial charge in [0.25, 0.3) is 0 Å². The number of para-hydroxylation sites is 1. The molecule has 2 atom stereocenters.